The van der Waals surface area contributed by atoms with Crippen molar-refractivity contribution in [2.45, 2.75) is 45.3 Å². The zero-order valence-electron chi connectivity index (χ0n) is 23.9. The van der Waals surface area contributed by atoms with Crippen LogP contribution in [0.15, 0.2) is 55.0 Å². The zero-order chi connectivity index (χ0) is 28.7. The summed E-state index contributed by atoms with van der Waals surface area (Å²) >= 11 is 0. The second-order valence-corrected chi connectivity index (χ2v) is 11.9. The molecule has 4 aromatic rings. The van der Waals surface area contributed by atoms with E-state index in [0.717, 1.165) is 85.3 Å². The first kappa shape index (κ1) is 27.0. The van der Waals surface area contributed by atoms with E-state index in [1.807, 2.05) is 79.1 Å². The minimum atomic E-state index is -0.466. The van der Waals surface area contributed by atoms with Crippen molar-refractivity contribution in [3.05, 3.63) is 60.6 Å². The van der Waals surface area contributed by atoms with Gasteiger partial charge in [-0.3, -0.25) is 9.69 Å². The molecule has 6 rings (SSSR count). The van der Waals surface area contributed by atoms with E-state index in [0.29, 0.717) is 11.6 Å². The number of nitrogens with zero attached hydrogens (tertiary/aromatic N) is 6. The molecular weight excluding hydrogens is 518 g/mol. The Labute approximate surface area is 239 Å². The van der Waals surface area contributed by atoms with E-state index in [-0.39, 0.29) is 6.09 Å². The van der Waals surface area contributed by atoms with Gasteiger partial charge >= 0.3 is 6.09 Å². The minimum Gasteiger partial charge on any atom is -0.444 e. The highest BCUT2D eigenvalue weighted by Gasteiger charge is 2.31. The number of aromatic nitrogens is 3. The summed E-state index contributed by atoms with van der Waals surface area (Å²) < 4.78 is 7.38. The van der Waals surface area contributed by atoms with Gasteiger partial charge in [0.05, 0.1) is 24.3 Å². The van der Waals surface area contributed by atoms with Gasteiger partial charge in [0.25, 0.3) is 0 Å². The molecule has 0 aliphatic carbocycles. The summed E-state index contributed by atoms with van der Waals surface area (Å²) in [4.78, 5) is 36.0. The van der Waals surface area contributed by atoms with E-state index in [9.17, 15) is 9.59 Å². The first-order valence-corrected chi connectivity index (χ1v) is 14.3. The third kappa shape index (κ3) is 5.44. The van der Waals surface area contributed by atoms with Gasteiger partial charge in [-0.2, -0.15) is 5.10 Å². The average molecular weight is 556 g/mol. The van der Waals surface area contributed by atoms with Crippen LogP contribution in [-0.2, 0) is 4.74 Å². The third-order valence-electron chi connectivity index (χ3n) is 8.13. The number of ether oxygens (including phenoxy) is 1. The number of primary amides is 1. The molecule has 0 saturated carbocycles. The summed E-state index contributed by atoms with van der Waals surface area (Å²) in [5.41, 5.74) is 9.34. The fraction of sp³-hybridized carbons (Fsp3) is 0.419. The molecule has 0 unspecified atom stereocenters. The van der Waals surface area contributed by atoms with Crippen LogP contribution in [0.25, 0.3) is 27.5 Å². The van der Waals surface area contributed by atoms with Crippen LogP contribution in [0.3, 0.4) is 0 Å². The number of likely N-dealkylation sites (tertiary alicyclic amines) is 1. The van der Waals surface area contributed by atoms with Crippen molar-refractivity contribution in [3.63, 3.8) is 0 Å². The van der Waals surface area contributed by atoms with Crippen LogP contribution in [0.5, 0.6) is 0 Å². The number of amides is 2. The highest BCUT2D eigenvalue weighted by molar-refractivity contribution is 6.11. The number of anilines is 1. The molecule has 2 fully saturated rings. The summed E-state index contributed by atoms with van der Waals surface area (Å²) in [7, 11) is 0. The number of rotatable bonds is 4. The molecule has 2 aromatic heterocycles. The topological polar surface area (TPSA) is 109 Å². The average Bonchev–Trinajstić information content (AvgIpc) is 3.39. The maximum atomic E-state index is 12.4. The van der Waals surface area contributed by atoms with Crippen molar-refractivity contribution in [1.29, 1.82) is 0 Å². The Morgan fingerprint density at radius 1 is 0.902 bits per heavy atom. The molecule has 2 aliphatic rings. The molecule has 2 aromatic carbocycles. The number of nitrogens with two attached hydrogens (primary N) is 1. The predicted octanol–water partition coefficient (Wildman–Crippen LogP) is 4.17. The molecule has 2 amide bonds. The van der Waals surface area contributed by atoms with E-state index >= 15 is 0 Å². The number of carbonyl (C=O) groups is 2. The largest absolute Gasteiger partial charge is 0.444 e. The van der Waals surface area contributed by atoms with E-state index < -0.39 is 11.5 Å². The number of carbonyl (C=O) groups excluding carboxylic acids is 2. The SMILES string of the molecule is CC(C)(C)OC(=O)N1CCC(N2CCN(c3cnc4c(-c5ccc(C(N)=O)c6ccccc56)cnn4c3)CC2)CC1. The highest BCUT2D eigenvalue weighted by atomic mass is 16.6. The van der Waals surface area contributed by atoms with Crippen molar-refractivity contribution in [2.24, 2.45) is 5.73 Å². The molecule has 10 heteroatoms. The van der Waals surface area contributed by atoms with Gasteiger partial charge in [0.1, 0.15) is 5.60 Å². The Morgan fingerprint density at radius 2 is 1.61 bits per heavy atom. The second kappa shape index (κ2) is 10.7. The van der Waals surface area contributed by atoms with Gasteiger partial charge in [0.2, 0.25) is 5.91 Å². The van der Waals surface area contributed by atoms with E-state index in [4.69, 9.17) is 15.5 Å². The van der Waals surface area contributed by atoms with E-state index in [1.165, 1.54) is 0 Å². The van der Waals surface area contributed by atoms with Crippen molar-refractivity contribution in [3.8, 4) is 11.1 Å². The predicted molar refractivity (Wildman–Crippen MR) is 159 cm³/mol. The van der Waals surface area contributed by atoms with Gasteiger partial charge < -0.3 is 20.3 Å². The van der Waals surface area contributed by atoms with E-state index in [2.05, 4.69) is 14.9 Å². The normalized spacial score (nSPS) is 17.3. The van der Waals surface area contributed by atoms with Crippen LogP contribution in [0.2, 0.25) is 0 Å². The lowest BCUT2D eigenvalue weighted by Crippen LogP contribution is -2.54. The smallest absolute Gasteiger partial charge is 0.410 e. The second-order valence-electron chi connectivity index (χ2n) is 11.9. The maximum absolute atomic E-state index is 12.4. The maximum Gasteiger partial charge on any atom is 0.410 e. The quantitative estimate of drug-likeness (QED) is 0.403. The molecule has 0 atom stereocenters. The summed E-state index contributed by atoms with van der Waals surface area (Å²) in [6, 6.07) is 12.0. The number of hydrogen-bond acceptors (Lipinski definition) is 7. The van der Waals surface area contributed by atoms with Gasteiger partial charge in [-0.15, -0.1) is 0 Å². The molecule has 0 bridgehead atoms. The third-order valence-corrected chi connectivity index (χ3v) is 8.13. The van der Waals surface area contributed by atoms with Crippen LogP contribution in [0.1, 0.15) is 44.0 Å². The molecule has 10 nitrogen and oxygen atoms in total. The fourth-order valence-electron chi connectivity index (χ4n) is 6.05. The zero-order valence-corrected chi connectivity index (χ0v) is 23.9. The van der Waals surface area contributed by atoms with Gasteiger partial charge in [-0.25, -0.2) is 14.3 Å². The number of piperidine rings is 1. The summed E-state index contributed by atoms with van der Waals surface area (Å²) in [5.74, 6) is -0.443. The highest BCUT2D eigenvalue weighted by Crippen LogP contribution is 2.33. The van der Waals surface area contributed by atoms with Crippen molar-refractivity contribution < 1.29 is 14.3 Å². The van der Waals surface area contributed by atoms with Crippen molar-refractivity contribution >= 4 is 34.1 Å². The molecule has 41 heavy (non-hydrogen) atoms. The van der Waals surface area contributed by atoms with Crippen LogP contribution < -0.4 is 10.6 Å². The summed E-state index contributed by atoms with van der Waals surface area (Å²) in [6.45, 7) is 11.0. The molecule has 2 saturated heterocycles. The Hall–Kier alpha value is -4.18. The van der Waals surface area contributed by atoms with Gasteiger partial charge in [-0.05, 0) is 56.0 Å². The minimum absolute atomic E-state index is 0.207. The van der Waals surface area contributed by atoms with Gasteiger partial charge in [0.15, 0.2) is 5.65 Å². The van der Waals surface area contributed by atoms with Gasteiger partial charge in [-0.1, -0.05) is 30.3 Å². The first-order valence-electron chi connectivity index (χ1n) is 14.3. The van der Waals surface area contributed by atoms with Crippen molar-refractivity contribution in [1.82, 2.24) is 24.4 Å². The lowest BCUT2D eigenvalue weighted by molar-refractivity contribution is 0.0140. The number of benzene rings is 2. The molecule has 2 aliphatic heterocycles. The lowest BCUT2D eigenvalue weighted by atomic mass is 9.96. The lowest BCUT2D eigenvalue weighted by Gasteiger charge is -2.43. The van der Waals surface area contributed by atoms with Crippen LogP contribution in [0.4, 0.5) is 10.5 Å². The van der Waals surface area contributed by atoms with Crippen LogP contribution >= 0.6 is 0 Å². The van der Waals surface area contributed by atoms with Crippen molar-refractivity contribution in [2.75, 3.05) is 44.2 Å². The Balaban J connectivity index is 1.12. The Bertz CT molecular complexity index is 1590. The monoisotopic (exact) mass is 555 g/mol. The Morgan fingerprint density at radius 3 is 2.29 bits per heavy atom. The molecule has 214 valence electrons. The fourth-order valence-corrected chi connectivity index (χ4v) is 6.05. The number of fused-ring (bicyclic) bond motifs is 2. The summed E-state index contributed by atoms with van der Waals surface area (Å²) in [6.07, 6.45) is 7.53. The first-order chi connectivity index (χ1) is 19.7. The van der Waals surface area contributed by atoms with Gasteiger partial charge in [0, 0.05) is 56.4 Å². The van der Waals surface area contributed by atoms with E-state index in [1.54, 1.807) is 6.07 Å². The standard InChI is InChI=1S/C31H37N7O3/c1-31(2,3)41-30(40)37-12-10-21(11-13-37)35-14-16-36(17-15-35)22-18-33-29-27(19-34-38(29)20-22)25-8-9-26(28(32)39)24-7-5-4-6-23(24)25/h4-9,18-21H,10-17H2,1-3H3,(H2,32,39). The molecular formula is C31H37N7O3. The number of piperazine rings is 1. The molecule has 4 heterocycles. The number of hydrogen-bond donors (Lipinski definition) is 1. The summed E-state index contributed by atoms with van der Waals surface area (Å²) in [5, 5.41) is 6.39. The Kier molecular flexibility index (Phi) is 7.03. The molecule has 0 spiro atoms. The molecule has 0 radical (unpaired) electrons. The van der Waals surface area contributed by atoms with Crippen LogP contribution in [-0.4, -0.2) is 87.3 Å². The molecule has 2 N–H and O–H groups in total. The van der Waals surface area contributed by atoms with Crippen LogP contribution in [0, 0.1) is 0 Å².